The highest BCUT2D eigenvalue weighted by Gasteiger charge is 2.48. The van der Waals surface area contributed by atoms with E-state index in [1.807, 2.05) is 0 Å². The van der Waals surface area contributed by atoms with Crippen LogP contribution in [0.15, 0.2) is 12.1 Å². The van der Waals surface area contributed by atoms with Gasteiger partial charge in [0, 0.05) is 31.6 Å². The van der Waals surface area contributed by atoms with Crippen molar-refractivity contribution in [3.8, 4) is 0 Å². The predicted molar refractivity (Wildman–Crippen MR) is 95.2 cm³/mol. The smallest absolute Gasteiger partial charge is 0.264 e. The van der Waals surface area contributed by atoms with Gasteiger partial charge in [0.2, 0.25) is 11.8 Å². The van der Waals surface area contributed by atoms with E-state index in [9.17, 15) is 23.6 Å². The lowest BCUT2D eigenvalue weighted by molar-refractivity contribution is -0.136. The Morgan fingerprint density at radius 1 is 0.964 bits per heavy atom. The van der Waals surface area contributed by atoms with Crippen LogP contribution >= 0.6 is 0 Å². The molecule has 4 aliphatic heterocycles. The van der Waals surface area contributed by atoms with Gasteiger partial charge >= 0.3 is 0 Å². The Morgan fingerprint density at radius 3 is 2.36 bits per heavy atom. The number of carbonyl (C=O) groups excluding carboxylic acids is 4. The summed E-state index contributed by atoms with van der Waals surface area (Å²) >= 11 is 0. The number of rotatable bonds is 2. The minimum Gasteiger partial charge on any atom is -0.362 e. The molecule has 3 saturated heterocycles. The van der Waals surface area contributed by atoms with E-state index in [-0.39, 0.29) is 36.1 Å². The predicted octanol–water partition coefficient (Wildman–Crippen LogP) is 0.168. The maximum absolute atomic E-state index is 14.4. The molecule has 8 nitrogen and oxygen atoms in total. The third-order valence-corrected chi connectivity index (χ3v) is 6.14. The van der Waals surface area contributed by atoms with Crippen LogP contribution in [0, 0.1) is 5.82 Å². The number of benzene rings is 1. The molecule has 2 N–H and O–H groups in total. The zero-order valence-electron chi connectivity index (χ0n) is 15.0. The maximum Gasteiger partial charge on any atom is 0.264 e. The molecular formula is C19H19FN4O4. The van der Waals surface area contributed by atoms with Gasteiger partial charge in [0.1, 0.15) is 11.9 Å². The average Bonchev–Trinajstić information content (AvgIpc) is 3.04. The van der Waals surface area contributed by atoms with Crippen molar-refractivity contribution in [3.05, 3.63) is 29.1 Å². The van der Waals surface area contributed by atoms with E-state index in [2.05, 4.69) is 15.5 Å². The lowest BCUT2D eigenvalue weighted by Gasteiger charge is -2.38. The van der Waals surface area contributed by atoms with Crippen molar-refractivity contribution in [2.75, 3.05) is 18.0 Å². The molecule has 0 aromatic heterocycles. The Kier molecular flexibility index (Phi) is 3.77. The number of fused-ring (bicyclic) bond motifs is 3. The van der Waals surface area contributed by atoms with Gasteiger partial charge in [-0.2, -0.15) is 0 Å². The normalized spacial score (nSPS) is 29.4. The molecule has 146 valence electrons. The lowest BCUT2D eigenvalue weighted by atomic mass is 10.0. The molecule has 5 rings (SSSR count). The van der Waals surface area contributed by atoms with Crippen molar-refractivity contribution < 1.29 is 23.6 Å². The molecule has 0 aliphatic carbocycles. The van der Waals surface area contributed by atoms with Crippen molar-refractivity contribution >= 4 is 29.3 Å². The Bertz CT molecular complexity index is 917. The zero-order chi connectivity index (χ0) is 19.6. The summed E-state index contributed by atoms with van der Waals surface area (Å²) in [7, 11) is 0. The van der Waals surface area contributed by atoms with Crippen LogP contribution in [0.5, 0.6) is 0 Å². The lowest BCUT2D eigenvalue weighted by Crippen LogP contribution is -2.54. The Labute approximate surface area is 160 Å². The Hall–Kier alpha value is -2.81. The first-order valence-electron chi connectivity index (χ1n) is 9.50. The number of hydrogen-bond acceptors (Lipinski definition) is 6. The summed E-state index contributed by atoms with van der Waals surface area (Å²) < 4.78 is 14.4. The zero-order valence-corrected chi connectivity index (χ0v) is 15.0. The molecule has 4 heterocycles. The van der Waals surface area contributed by atoms with Gasteiger partial charge in [-0.3, -0.25) is 29.4 Å². The number of amides is 4. The van der Waals surface area contributed by atoms with E-state index < -0.39 is 35.5 Å². The number of imide groups is 2. The Morgan fingerprint density at radius 2 is 1.68 bits per heavy atom. The van der Waals surface area contributed by atoms with Crippen LogP contribution in [0.2, 0.25) is 0 Å². The van der Waals surface area contributed by atoms with Crippen LogP contribution in [-0.2, 0) is 9.59 Å². The molecule has 4 amide bonds. The first kappa shape index (κ1) is 17.3. The van der Waals surface area contributed by atoms with E-state index in [0.717, 1.165) is 36.9 Å². The summed E-state index contributed by atoms with van der Waals surface area (Å²) in [6.45, 7) is 1.47. The molecule has 9 heteroatoms. The number of piperazine rings is 1. The van der Waals surface area contributed by atoms with E-state index >= 15 is 0 Å². The molecule has 0 spiro atoms. The van der Waals surface area contributed by atoms with Gasteiger partial charge in [0.15, 0.2) is 0 Å². The molecule has 3 unspecified atom stereocenters. The molecule has 1 aromatic rings. The number of nitrogens with one attached hydrogen (secondary N) is 2. The van der Waals surface area contributed by atoms with Crippen LogP contribution in [-0.4, -0.2) is 59.7 Å². The van der Waals surface area contributed by atoms with Crippen LogP contribution in [0.1, 0.15) is 46.4 Å². The molecule has 4 aliphatic rings. The molecule has 0 radical (unpaired) electrons. The summed E-state index contributed by atoms with van der Waals surface area (Å²) in [6, 6.07) is 1.60. The second kappa shape index (κ2) is 6.10. The molecule has 28 heavy (non-hydrogen) atoms. The number of carbonyl (C=O) groups is 4. The number of halogens is 1. The van der Waals surface area contributed by atoms with Gasteiger partial charge in [0.05, 0.1) is 16.8 Å². The summed E-state index contributed by atoms with van der Waals surface area (Å²) in [6.07, 6.45) is 1.99. The molecule has 0 saturated carbocycles. The van der Waals surface area contributed by atoms with Crippen LogP contribution in [0.3, 0.4) is 0 Å². The molecule has 3 atom stereocenters. The van der Waals surface area contributed by atoms with Crippen molar-refractivity contribution in [1.82, 2.24) is 15.5 Å². The largest absolute Gasteiger partial charge is 0.362 e. The van der Waals surface area contributed by atoms with E-state index in [1.165, 1.54) is 6.07 Å². The van der Waals surface area contributed by atoms with Gasteiger partial charge in [-0.15, -0.1) is 0 Å². The standard InChI is InChI=1S/C19H19FN4O4/c20-9-5-12-16(14(6-9)23-10-1-2-11(23)8-21-7-10)19(28)24(18(12)27)13-3-4-15(25)22-17(13)26/h5-6,10-11,13,21H,1-4,7-8H2,(H,22,25,26). The fourth-order valence-corrected chi connectivity index (χ4v) is 4.92. The maximum atomic E-state index is 14.4. The van der Waals surface area contributed by atoms with Gasteiger partial charge in [-0.1, -0.05) is 0 Å². The summed E-state index contributed by atoms with van der Waals surface area (Å²) in [5.41, 5.74) is 0.578. The highest BCUT2D eigenvalue weighted by atomic mass is 19.1. The third kappa shape index (κ3) is 2.39. The van der Waals surface area contributed by atoms with Gasteiger partial charge in [0.25, 0.3) is 11.8 Å². The minimum atomic E-state index is -1.05. The fraction of sp³-hybridized carbons (Fsp3) is 0.474. The first-order valence-corrected chi connectivity index (χ1v) is 9.50. The van der Waals surface area contributed by atoms with E-state index in [0.29, 0.717) is 5.69 Å². The van der Waals surface area contributed by atoms with Gasteiger partial charge in [-0.25, -0.2) is 4.39 Å². The molecule has 1 aromatic carbocycles. The first-order chi connectivity index (χ1) is 13.5. The number of piperidine rings is 1. The van der Waals surface area contributed by atoms with Crippen molar-refractivity contribution in [1.29, 1.82) is 0 Å². The molecule has 2 bridgehead atoms. The Balaban J connectivity index is 1.57. The monoisotopic (exact) mass is 386 g/mol. The highest BCUT2D eigenvalue weighted by molar-refractivity contribution is 6.25. The van der Waals surface area contributed by atoms with Gasteiger partial charge < -0.3 is 10.2 Å². The number of hydrogen-bond donors (Lipinski definition) is 2. The summed E-state index contributed by atoms with van der Waals surface area (Å²) in [5, 5.41) is 5.51. The van der Waals surface area contributed by atoms with Crippen molar-refractivity contribution in [2.45, 2.75) is 43.8 Å². The van der Waals surface area contributed by atoms with Gasteiger partial charge in [-0.05, 0) is 31.4 Å². The fourth-order valence-electron chi connectivity index (χ4n) is 4.92. The highest BCUT2D eigenvalue weighted by Crippen LogP contribution is 2.40. The van der Waals surface area contributed by atoms with Crippen LogP contribution in [0.25, 0.3) is 0 Å². The summed E-state index contributed by atoms with van der Waals surface area (Å²) in [5.74, 6) is -2.96. The van der Waals surface area contributed by atoms with Crippen LogP contribution in [0.4, 0.5) is 10.1 Å². The van der Waals surface area contributed by atoms with E-state index in [1.54, 1.807) is 0 Å². The number of anilines is 1. The quantitative estimate of drug-likeness (QED) is 0.703. The molecular weight excluding hydrogens is 367 g/mol. The third-order valence-electron chi connectivity index (χ3n) is 6.14. The van der Waals surface area contributed by atoms with Crippen molar-refractivity contribution in [3.63, 3.8) is 0 Å². The SMILES string of the molecule is O=C1CCC(N2C(=O)c3cc(F)cc(N4C5CCC4CNC5)c3C2=O)C(=O)N1. The van der Waals surface area contributed by atoms with E-state index in [4.69, 9.17) is 0 Å². The number of nitrogens with zero attached hydrogens (tertiary/aromatic N) is 2. The second-order valence-corrected chi connectivity index (χ2v) is 7.75. The average molecular weight is 386 g/mol. The van der Waals surface area contributed by atoms with Crippen molar-refractivity contribution in [2.24, 2.45) is 0 Å². The van der Waals surface area contributed by atoms with Crippen LogP contribution < -0.4 is 15.5 Å². The topological polar surface area (TPSA) is 98.8 Å². The second-order valence-electron chi connectivity index (χ2n) is 7.75. The summed E-state index contributed by atoms with van der Waals surface area (Å²) in [4.78, 5) is 52.7. The minimum absolute atomic E-state index is 0.0115. The molecule has 3 fully saturated rings.